The number of ether oxygens (including phenoxy) is 1. The largest absolute Gasteiger partial charge is 0.497 e. The highest BCUT2D eigenvalue weighted by Crippen LogP contribution is 2.29. The topological polar surface area (TPSA) is 53.2 Å². The number of hydrogen-bond donors (Lipinski definition) is 1. The van der Waals surface area contributed by atoms with E-state index < -0.39 is 5.60 Å². The molecule has 3 heteroatoms. The molecule has 90 valence electrons. The second kappa shape index (κ2) is 4.91. The van der Waals surface area contributed by atoms with Crippen molar-refractivity contribution in [1.82, 2.24) is 0 Å². The van der Waals surface area contributed by atoms with Crippen LogP contribution in [0.3, 0.4) is 0 Å². The number of nitriles is 1. The minimum Gasteiger partial charge on any atom is -0.497 e. The van der Waals surface area contributed by atoms with Gasteiger partial charge in [-0.15, -0.1) is 0 Å². The Hall–Kier alpha value is -2.31. The molecule has 2 aromatic rings. The van der Waals surface area contributed by atoms with Crippen LogP contribution in [0, 0.1) is 11.3 Å². The van der Waals surface area contributed by atoms with E-state index in [1.807, 2.05) is 12.1 Å². The second-order valence-electron chi connectivity index (χ2n) is 3.92. The van der Waals surface area contributed by atoms with Crippen LogP contribution in [0.25, 0.3) is 0 Å². The van der Waals surface area contributed by atoms with E-state index in [0.717, 1.165) is 0 Å². The Kier molecular flexibility index (Phi) is 3.31. The van der Waals surface area contributed by atoms with Crippen molar-refractivity contribution in [1.29, 1.82) is 5.26 Å². The van der Waals surface area contributed by atoms with Gasteiger partial charge in [0.15, 0.2) is 0 Å². The molecular formula is C15H13NO2. The third-order valence-electron chi connectivity index (χ3n) is 2.86. The molecular weight excluding hydrogens is 226 g/mol. The fraction of sp³-hybridized carbons (Fsp3) is 0.133. The van der Waals surface area contributed by atoms with Crippen molar-refractivity contribution in [2.45, 2.75) is 5.60 Å². The van der Waals surface area contributed by atoms with E-state index in [2.05, 4.69) is 0 Å². The molecule has 18 heavy (non-hydrogen) atoms. The van der Waals surface area contributed by atoms with Crippen LogP contribution in [0.2, 0.25) is 0 Å². The minimum absolute atomic E-state index is 0.525. The Morgan fingerprint density at radius 1 is 1.00 bits per heavy atom. The van der Waals surface area contributed by atoms with Gasteiger partial charge in [-0.25, -0.2) is 0 Å². The Morgan fingerprint density at radius 2 is 1.56 bits per heavy atom. The van der Waals surface area contributed by atoms with E-state index in [9.17, 15) is 10.4 Å². The van der Waals surface area contributed by atoms with Gasteiger partial charge in [0.2, 0.25) is 5.60 Å². The Labute approximate surface area is 106 Å². The lowest BCUT2D eigenvalue weighted by Crippen LogP contribution is -2.24. The number of benzene rings is 2. The molecule has 0 amide bonds. The van der Waals surface area contributed by atoms with Crippen molar-refractivity contribution in [2.75, 3.05) is 7.11 Å². The summed E-state index contributed by atoms with van der Waals surface area (Å²) in [5.41, 5.74) is -0.553. The van der Waals surface area contributed by atoms with Crippen LogP contribution in [0.4, 0.5) is 0 Å². The molecule has 3 nitrogen and oxygen atoms in total. The van der Waals surface area contributed by atoms with Crippen molar-refractivity contribution < 1.29 is 9.84 Å². The van der Waals surface area contributed by atoms with Crippen LogP contribution >= 0.6 is 0 Å². The fourth-order valence-electron chi connectivity index (χ4n) is 1.81. The van der Waals surface area contributed by atoms with Crippen LogP contribution in [-0.2, 0) is 5.60 Å². The summed E-state index contributed by atoms with van der Waals surface area (Å²) < 4.78 is 5.06. The molecule has 0 saturated carbocycles. The zero-order valence-corrected chi connectivity index (χ0v) is 10.00. The molecule has 0 saturated heterocycles. The first-order valence-electron chi connectivity index (χ1n) is 5.54. The lowest BCUT2D eigenvalue weighted by molar-refractivity contribution is 0.142. The predicted octanol–water partition coefficient (Wildman–Crippen LogP) is 2.45. The van der Waals surface area contributed by atoms with Gasteiger partial charge in [-0.05, 0) is 12.1 Å². The number of methoxy groups -OCH3 is 1. The van der Waals surface area contributed by atoms with Crippen LogP contribution in [0.1, 0.15) is 11.1 Å². The van der Waals surface area contributed by atoms with Crippen molar-refractivity contribution in [2.24, 2.45) is 0 Å². The van der Waals surface area contributed by atoms with Crippen molar-refractivity contribution in [3.8, 4) is 11.8 Å². The summed E-state index contributed by atoms with van der Waals surface area (Å²) >= 11 is 0. The number of nitrogens with zero attached hydrogens (tertiary/aromatic N) is 1. The van der Waals surface area contributed by atoms with Crippen molar-refractivity contribution in [3.63, 3.8) is 0 Å². The summed E-state index contributed by atoms with van der Waals surface area (Å²) in [6, 6.07) is 17.7. The lowest BCUT2D eigenvalue weighted by atomic mass is 9.88. The molecule has 1 atom stereocenters. The van der Waals surface area contributed by atoms with Crippen LogP contribution < -0.4 is 4.74 Å². The van der Waals surface area contributed by atoms with Crippen LogP contribution in [-0.4, -0.2) is 12.2 Å². The zero-order chi connectivity index (χ0) is 13.0. The Bertz CT molecular complexity index is 557. The molecule has 1 unspecified atom stereocenters. The molecule has 0 aliphatic carbocycles. The van der Waals surface area contributed by atoms with Gasteiger partial charge < -0.3 is 9.84 Å². The van der Waals surface area contributed by atoms with Crippen LogP contribution in [0.5, 0.6) is 5.75 Å². The zero-order valence-electron chi connectivity index (χ0n) is 10.00. The SMILES string of the molecule is COc1ccc(C(O)(C#N)c2ccccc2)cc1. The smallest absolute Gasteiger partial charge is 0.202 e. The first-order chi connectivity index (χ1) is 8.70. The first-order valence-corrected chi connectivity index (χ1v) is 5.54. The normalized spacial score (nSPS) is 13.4. The van der Waals surface area contributed by atoms with Crippen LogP contribution in [0.15, 0.2) is 54.6 Å². The third kappa shape index (κ3) is 2.06. The maximum absolute atomic E-state index is 10.5. The Balaban J connectivity index is 2.47. The molecule has 1 N–H and O–H groups in total. The van der Waals surface area contributed by atoms with E-state index in [1.54, 1.807) is 55.6 Å². The molecule has 0 aliphatic rings. The minimum atomic E-state index is -1.63. The maximum Gasteiger partial charge on any atom is 0.202 e. The lowest BCUT2D eigenvalue weighted by Gasteiger charge is -2.21. The molecule has 0 aromatic heterocycles. The summed E-state index contributed by atoms with van der Waals surface area (Å²) in [6.45, 7) is 0. The summed E-state index contributed by atoms with van der Waals surface area (Å²) in [5.74, 6) is 0.687. The molecule has 0 spiro atoms. The highest BCUT2D eigenvalue weighted by atomic mass is 16.5. The number of rotatable bonds is 3. The summed E-state index contributed by atoms with van der Waals surface area (Å²) in [5, 5.41) is 19.8. The van der Waals surface area contributed by atoms with Gasteiger partial charge in [-0.1, -0.05) is 42.5 Å². The molecule has 0 radical (unpaired) electrons. The van der Waals surface area contributed by atoms with Gasteiger partial charge in [-0.2, -0.15) is 5.26 Å². The average molecular weight is 239 g/mol. The molecule has 2 rings (SSSR count). The summed E-state index contributed by atoms with van der Waals surface area (Å²) in [4.78, 5) is 0. The quantitative estimate of drug-likeness (QED) is 0.837. The highest BCUT2D eigenvalue weighted by Gasteiger charge is 2.31. The first kappa shape index (κ1) is 12.2. The van der Waals surface area contributed by atoms with E-state index >= 15 is 0 Å². The van der Waals surface area contributed by atoms with Gasteiger partial charge in [0.1, 0.15) is 11.8 Å². The van der Waals surface area contributed by atoms with E-state index in [-0.39, 0.29) is 0 Å². The fourth-order valence-corrected chi connectivity index (χ4v) is 1.81. The predicted molar refractivity (Wildman–Crippen MR) is 68.0 cm³/mol. The third-order valence-corrected chi connectivity index (χ3v) is 2.86. The highest BCUT2D eigenvalue weighted by molar-refractivity contribution is 5.43. The van der Waals surface area contributed by atoms with Gasteiger partial charge in [0.05, 0.1) is 7.11 Å². The van der Waals surface area contributed by atoms with E-state index in [0.29, 0.717) is 16.9 Å². The summed E-state index contributed by atoms with van der Waals surface area (Å²) in [6.07, 6.45) is 0. The number of hydrogen-bond acceptors (Lipinski definition) is 3. The van der Waals surface area contributed by atoms with E-state index in [1.165, 1.54) is 0 Å². The maximum atomic E-state index is 10.5. The Morgan fingerprint density at radius 3 is 2.06 bits per heavy atom. The standard InChI is InChI=1S/C15H13NO2/c1-18-14-9-7-13(8-10-14)15(17,11-16)12-5-3-2-4-6-12/h2-10,17H,1H3. The van der Waals surface area contributed by atoms with Gasteiger partial charge in [0, 0.05) is 11.1 Å². The van der Waals surface area contributed by atoms with Gasteiger partial charge in [0.25, 0.3) is 0 Å². The monoisotopic (exact) mass is 239 g/mol. The van der Waals surface area contributed by atoms with Gasteiger partial charge >= 0.3 is 0 Å². The molecule has 0 fully saturated rings. The average Bonchev–Trinajstić information content (AvgIpc) is 2.47. The number of aliphatic hydroxyl groups is 1. The summed E-state index contributed by atoms with van der Waals surface area (Å²) in [7, 11) is 1.57. The molecule has 0 bridgehead atoms. The van der Waals surface area contributed by atoms with Crippen molar-refractivity contribution in [3.05, 3.63) is 65.7 Å². The second-order valence-corrected chi connectivity index (χ2v) is 3.92. The van der Waals surface area contributed by atoms with Gasteiger partial charge in [-0.3, -0.25) is 0 Å². The van der Waals surface area contributed by atoms with E-state index in [4.69, 9.17) is 4.74 Å². The molecule has 0 aliphatic heterocycles. The molecule has 2 aromatic carbocycles. The molecule has 0 heterocycles. The van der Waals surface area contributed by atoms with Crippen molar-refractivity contribution >= 4 is 0 Å².